The Bertz CT molecular complexity index is 603. The Balaban J connectivity index is 2.07. The Hall–Kier alpha value is -1.88. The standard InChI is InChI=1S/C15H18N2O2S/c1-9(2)12-6-4-11(5-7-12)8-16-14-13(15(18)19)10(3)17-20-14/h4-7,9,16H,8H2,1-3H3,(H,18,19). The summed E-state index contributed by atoms with van der Waals surface area (Å²) in [6, 6.07) is 8.35. The Labute approximate surface area is 122 Å². The number of nitrogens with one attached hydrogen (secondary N) is 1. The monoisotopic (exact) mass is 290 g/mol. The molecule has 0 spiro atoms. The molecule has 106 valence electrons. The van der Waals surface area contributed by atoms with Crippen molar-refractivity contribution in [1.29, 1.82) is 0 Å². The highest BCUT2D eigenvalue weighted by Gasteiger charge is 2.16. The van der Waals surface area contributed by atoms with E-state index in [0.717, 1.165) is 5.56 Å². The minimum absolute atomic E-state index is 0.272. The van der Waals surface area contributed by atoms with Crippen LogP contribution in [0.1, 0.15) is 46.9 Å². The number of anilines is 1. The molecule has 5 heteroatoms. The summed E-state index contributed by atoms with van der Waals surface area (Å²) in [5.41, 5.74) is 3.25. The van der Waals surface area contributed by atoms with Crippen LogP contribution in [0.5, 0.6) is 0 Å². The Morgan fingerprint density at radius 3 is 2.55 bits per heavy atom. The van der Waals surface area contributed by atoms with Crippen molar-refractivity contribution in [2.24, 2.45) is 0 Å². The molecule has 0 saturated carbocycles. The minimum atomic E-state index is -0.936. The third kappa shape index (κ3) is 3.17. The number of aryl methyl sites for hydroxylation is 1. The van der Waals surface area contributed by atoms with Gasteiger partial charge in [0.25, 0.3) is 0 Å². The van der Waals surface area contributed by atoms with Crippen LogP contribution in [0.25, 0.3) is 0 Å². The van der Waals surface area contributed by atoms with Gasteiger partial charge in [0.1, 0.15) is 10.6 Å². The van der Waals surface area contributed by atoms with Gasteiger partial charge in [0, 0.05) is 6.54 Å². The van der Waals surface area contributed by atoms with Gasteiger partial charge >= 0.3 is 5.97 Å². The summed E-state index contributed by atoms with van der Waals surface area (Å²) in [6.07, 6.45) is 0. The molecular formula is C15H18N2O2S. The lowest BCUT2D eigenvalue weighted by Crippen LogP contribution is -2.05. The Morgan fingerprint density at radius 2 is 2.00 bits per heavy atom. The molecule has 0 saturated heterocycles. The summed E-state index contributed by atoms with van der Waals surface area (Å²) in [5.74, 6) is -0.423. The van der Waals surface area contributed by atoms with Crippen molar-refractivity contribution in [2.75, 3.05) is 5.32 Å². The second kappa shape index (κ2) is 6.05. The van der Waals surface area contributed by atoms with Crippen molar-refractivity contribution in [3.63, 3.8) is 0 Å². The summed E-state index contributed by atoms with van der Waals surface area (Å²) in [6.45, 7) is 6.63. The van der Waals surface area contributed by atoms with Crippen molar-refractivity contribution in [3.05, 3.63) is 46.6 Å². The van der Waals surface area contributed by atoms with E-state index in [-0.39, 0.29) is 5.56 Å². The summed E-state index contributed by atoms with van der Waals surface area (Å²) < 4.78 is 4.09. The molecule has 2 rings (SSSR count). The van der Waals surface area contributed by atoms with E-state index in [4.69, 9.17) is 5.11 Å². The summed E-state index contributed by atoms with van der Waals surface area (Å²) in [4.78, 5) is 11.2. The van der Waals surface area contributed by atoms with E-state index in [0.29, 0.717) is 23.2 Å². The second-order valence-corrected chi connectivity index (χ2v) is 5.80. The zero-order chi connectivity index (χ0) is 14.7. The molecule has 4 nitrogen and oxygen atoms in total. The molecule has 0 aliphatic carbocycles. The van der Waals surface area contributed by atoms with Crippen LogP contribution in [0.3, 0.4) is 0 Å². The highest BCUT2D eigenvalue weighted by molar-refractivity contribution is 7.10. The van der Waals surface area contributed by atoms with Gasteiger partial charge in [-0.25, -0.2) is 4.79 Å². The van der Waals surface area contributed by atoms with Gasteiger partial charge in [0.05, 0.1) is 5.69 Å². The van der Waals surface area contributed by atoms with Crippen LogP contribution in [-0.2, 0) is 6.54 Å². The Morgan fingerprint density at radius 1 is 1.35 bits per heavy atom. The van der Waals surface area contributed by atoms with Crippen LogP contribution in [-0.4, -0.2) is 15.4 Å². The lowest BCUT2D eigenvalue weighted by atomic mass is 10.0. The summed E-state index contributed by atoms with van der Waals surface area (Å²) in [7, 11) is 0. The van der Waals surface area contributed by atoms with Crippen LogP contribution in [0.4, 0.5) is 5.00 Å². The number of hydrogen-bond acceptors (Lipinski definition) is 4. The fourth-order valence-corrected chi connectivity index (χ4v) is 2.73. The van der Waals surface area contributed by atoms with Crippen molar-refractivity contribution >= 4 is 22.5 Å². The third-order valence-electron chi connectivity index (χ3n) is 3.18. The van der Waals surface area contributed by atoms with Gasteiger partial charge < -0.3 is 10.4 Å². The zero-order valence-corrected chi connectivity index (χ0v) is 12.6. The average molecular weight is 290 g/mol. The van der Waals surface area contributed by atoms with Gasteiger partial charge in [0.15, 0.2) is 0 Å². The van der Waals surface area contributed by atoms with E-state index in [1.54, 1.807) is 6.92 Å². The maximum absolute atomic E-state index is 11.2. The summed E-state index contributed by atoms with van der Waals surface area (Å²) >= 11 is 1.19. The minimum Gasteiger partial charge on any atom is -0.478 e. The molecule has 0 radical (unpaired) electrons. The number of carboxylic acid groups (broad SMARTS) is 1. The fraction of sp³-hybridized carbons (Fsp3) is 0.333. The number of aromatic nitrogens is 1. The first kappa shape index (κ1) is 14.5. The highest BCUT2D eigenvalue weighted by atomic mass is 32.1. The van der Waals surface area contributed by atoms with Crippen molar-refractivity contribution in [2.45, 2.75) is 33.2 Å². The topological polar surface area (TPSA) is 62.2 Å². The number of rotatable bonds is 5. The molecule has 0 aliphatic heterocycles. The Kier molecular flexibility index (Phi) is 4.39. The van der Waals surface area contributed by atoms with E-state index in [9.17, 15) is 4.79 Å². The van der Waals surface area contributed by atoms with Gasteiger partial charge in [-0.05, 0) is 35.5 Å². The zero-order valence-electron chi connectivity index (χ0n) is 11.8. The number of carbonyl (C=O) groups is 1. The molecule has 1 aromatic carbocycles. The first-order valence-corrected chi connectivity index (χ1v) is 7.28. The van der Waals surface area contributed by atoms with E-state index >= 15 is 0 Å². The van der Waals surface area contributed by atoms with Crippen molar-refractivity contribution in [1.82, 2.24) is 4.37 Å². The van der Waals surface area contributed by atoms with E-state index in [1.165, 1.54) is 17.1 Å². The molecule has 0 atom stereocenters. The maximum Gasteiger partial charge on any atom is 0.340 e. The molecule has 0 unspecified atom stereocenters. The number of hydrogen-bond donors (Lipinski definition) is 2. The largest absolute Gasteiger partial charge is 0.478 e. The molecule has 2 N–H and O–H groups in total. The number of benzene rings is 1. The van der Waals surface area contributed by atoms with E-state index in [1.807, 2.05) is 0 Å². The molecular weight excluding hydrogens is 272 g/mol. The maximum atomic E-state index is 11.2. The molecule has 1 aromatic heterocycles. The molecule has 1 heterocycles. The lowest BCUT2D eigenvalue weighted by Gasteiger charge is -2.08. The van der Waals surface area contributed by atoms with E-state index in [2.05, 4.69) is 47.8 Å². The SMILES string of the molecule is Cc1nsc(NCc2ccc(C(C)C)cc2)c1C(=O)O. The number of nitrogens with zero attached hydrogens (tertiary/aromatic N) is 1. The van der Waals surface area contributed by atoms with Crippen LogP contribution >= 0.6 is 11.5 Å². The van der Waals surface area contributed by atoms with Crippen LogP contribution < -0.4 is 5.32 Å². The first-order chi connectivity index (χ1) is 9.49. The molecule has 0 amide bonds. The van der Waals surface area contributed by atoms with Crippen LogP contribution in [0.15, 0.2) is 24.3 Å². The van der Waals surface area contributed by atoms with Crippen LogP contribution in [0.2, 0.25) is 0 Å². The smallest absolute Gasteiger partial charge is 0.340 e. The first-order valence-electron chi connectivity index (χ1n) is 6.51. The highest BCUT2D eigenvalue weighted by Crippen LogP contribution is 2.25. The summed E-state index contributed by atoms with van der Waals surface area (Å²) in [5, 5.41) is 12.9. The second-order valence-electron chi connectivity index (χ2n) is 5.03. The normalized spacial score (nSPS) is 10.8. The quantitative estimate of drug-likeness (QED) is 0.877. The van der Waals surface area contributed by atoms with Gasteiger partial charge in [-0.2, -0.15) is 4.37 Å². The molecule has 0 bridgehead atoms. The lowest BCUT2D eigenvalue weighted by molar-refractivity contribution is 0.0697. The van der Waals surface area contributed by atoms with Gasteiger partial charge in [0.2, 0.25) is 0 Å². The fourth-order valence-electron chi connectivity index (χ4n) is 1.94. The van der Waals surface area contributed by atoms with Gasteiger partial charge in [-0.3, -0.25) is 0 Å². The predicted molar refractivity (Wildman–Crippen MR) is 81.7 cm³/mol. The van der Waals surface area contributed by atoms with Crippen molar-refractivity contribution in [3.8, 4) is 0 Å². The predicted octanol–water partition coefficient (Wildman–Crippen LogP) is 3.89. The molecule has 20 heavy (non-hydrogen) atoms. The van der Waals surface area contributed by atoms with Gasteiger partial charge in [-0.1, -0.05) is 38.1 Å². The molecule has 0 fully saturated rings. The van der Waals surface area contributed by atoms with Crippen molar-refractivity contribution < 1.29 is 9.90 Å². The number of carboxylic acids is 1. The van der Waals surface area contributed by atoms with Gasteiger partial charge in [-0.15, -0.1) is 0 Å². The average Bonchev–Trinajstić information content (AvgIpc) is 2.78. The molecule has 0 aliphatic rings. The third-order valence-corrected chi connectivity index (χ3v) is 4.07. The number of aromatic carboxylic acids is 1. The van der Waals surface area contributed by atoms with Crippen LogP contribution in [0, 0.1) is 6.92 Å². The molecule has 2 aromatic rings. The van der Waals surface area contributed by atoms with E-state index < -0.39 is 5.97 Å².